The highest BCUT2D eigenvalue weighted by molar-refractivity contribution is 5.88. The summed E-state index contributed by atoms with van der Waals surface area (Å²) in [4.78, 5) is 2.22. The van der Waals surface area contributed by atoms with Crippen molar-refractivity contribution in [3.05, 3.63) is 66.2 Å². The molecule has 0 spiro atoms. The number of aliphatic hydroxyl groups is 1. The zero-order valence-electron chi connectivity index (χ0n) is 17.6. The van der Waals surface area contributed by atoms with Crippen LogP contribution in [0.15, 0.2) is 60.7 Å². The van der Waals surface area contributed by atoms with Crippen molar-refractivity contribution in [1.29, 1.82) is 0 Å². The van der Waals surface area contributed by atoms with Crippen LogP contribution in [-0.4, -0.2) is 57.1 Å². The Kier molecular flexibility index (Phi) is 6.35. The topological polar surface area (TPSA) is 51.2 Å². The second-order valence-corrected chi connectivity index (χ2v) is 7.77. The molecule has 158 valence electrons. The van der Waals surface area contributed by atoms with E-state index in [1.807, 2.05) is 12.1 Å². The molecule has 1 saturated heterocycles. The number of hydrogen-bond acceptors (Lipinski definition) is 5. The van der Waals surface area contributed by atoms with E-state index in [-0.39, 0.29) is 6.61 Å². The first-order valence-electron chi connectivity index (χ1n) is 10.4. The highest BCUT2D eigenvalue weighted by Crippen LogP contribution is 2.33. The second kappa shape index (κ2) is 9.14. The lowest BCUT2D eigenvalue weighted by molar-refractivity contribution is -0.275. The zero-order chi connectivity index (χ0) is 21.0. The summed E-state index contributed by atoms with van der Waals surface area (Å²) < 4.78 is 17.6. The van der Waals surface area contributed by atoms with Crippen molar-refractivity contribution < 1.29 is 19.3 Å². The van der Waals surface area contributed by atoms with Crippen LogP contribution in [0.4, 0.5) is 0 Å². The van der Waals surface area contributed by atoms with Gasteiger partial charge in [-0.1, -0.05) is 42.5 Å². The average molecular weight is 408 g/mol. The van der Waals surface area contributed by atoms with E-state index >= 15 is 0 Å². The Labute approximate surface area is 177 Å². The van der Waals surface area contributed by atoms with Gasteiger partial charge in [-0.15, -0.1) is 0 Å². The molecular formula is C25H29NO4. The monoisotopic (exact) mass is 407 g/mol. The minimum atomic E-state index is -0.791. The van der Waals surface area contributed by atoms with Crippen LogP contribution in [0.1, 0.15) is 12.0 Å². The second-order valence-electron chi connectivity index (χ2n) is 7.77. The molecule has 3 aromatic rings. The van der Waals surface area contributed by atoms with Gasteiger partial charge in [-0.3, -0.25) is 4.90 Å². The normalized spacial score (nSPS) is 19.8. The molecular weight excluding hydrogens is 378 g/mol. The molecule has 0 radical (unpaired) electrons. The third kappa shape index (κ3) is 4.35. The predicted molar refractivity (Wildman–Crippen MR) is 119 cm³/mol. The van der Waals surface area contributed by atoms with Gasteiger partial charge in [0.1, 0.15) is 5.75 Å². The largest absolute Gasteiger partial charge is 0.497 e. The van der Waals surface area contributed by atoms with Gasteiger partial charge in [0.15, 0.2) is 0 Å². The van der Waals surface area contributed by atoms with E-state index in [9.17, 15) is 0 Å². The van der Waals surface area contributed by atoms with Gasteiger partial charge in [0.05, 0.1) is 26.9 Å². The fraction of sp³-hybridized carbons (Fsp3) is 0.360. The van der Waals surface area contributed by atoms with Crippen LogP contribution in [-0.2, 0) is 15.3 Å². The summed E-state index contributed by atoms with van der Waals surface area (Å²) in [6.45, 7) is 2.73. The predicted octanol–water partition coefficient (Wildman–Crippen LogP) is 4.03. The summed E-state index contributed by atoms with van der Waals surface area (Å²) in [6, 6.07) is 21.0. The summed E-state index contributed by atoms with van der Waals surface area (Å²) in [5.41, 5.74) is 3.31. The third-order valence-corrected chi connectivity index (χ3v) is 5.63. The summed E-state index contributed by atoms with van der Waals surface area (Å²) >= 11 is 0. The number of rotatable bonds is 7. The molecule has 0 bridgehead atoms. The number of benzene rings is 3. The number of ether oxygens (including phenoxy) is 3. The first kappa shape index (κ1) is 20.8. The number of aliphatic hydroxyl groups excluding tert-OH is 1. The molecule has 1 unspecified atom stereocenters. The molecule has 1 aliphatic heterocycles. The van der Waals surface area contributed by atoms with Crippen molar-refractivity contribution in [2.75, 3.05) is 47.1 Å². The van der Waals surface area contributed by atoms with E-state index in [0.717, 1.165) is 34.4 Å². The average Bonchev–Trinajstić information content (AvgIpc) is 2.78. The van der Waals surface area contributed by atoms with E-state index in [1.165, 1.54) is 5.39 Å². The molecule has 5 nitrogen and oxygen atoms in total. The smallest absolute Gasteiger partial charge is 0.208 e. The summed E-state index contributed by atoms with van der Waals surface area (Å²) in [6.07, 6.45) is 0.592. The van der Waals surface area contributed by atoms with E-state index in [4.69, 9.17) is 19.3 Å². The van der Waals surface area contributed by atoms with Crippen LogP contribution in [0.2, 0.25) is 0 Å². The fourth-order valence-electron chi connectivity index (χ4n) is 3.94. The van der Waals surface area contributed by atoms with Gasteiger partial charge in [-0.05, 0) is 53.6 Å². The fourth-order valence-corrected chi connectivity index (χ4v) is 3.94. The van der Waals surface area contributed by atoms with Gasteiger partial charge in [0.2, 0.25) is 5.79 Å². The molecule has 4 rings (SSSR count). The Morgan fingerprint density at radius 3 is 2.47 bits per heavy atom. The Morgan fingerprint density at radius 2 is 1.73 bits per heavy atom. The van der Waals surface area contributed by atoms with Gasteiger partial charge in [0, 0.05) is 18.7 Å². The van der Waals surface area contributed by atoms with Crippen LogP contribution in [0.5, 0.6) is 5.75 Å². The number of morpholine rings is 1. The standard InChI is InChI=1S/C25H29NO4/c1-26-12-15-30-25(18-26,29-14-3-13-27)23-9-6-19(7-10-23)20-4-5-22-17-24(28-2)11-8-21(22)16-20/h4-11,16-17,27H,3,12-15,18H2,1-2H3. The Hall–Kier alpha value is -2.44. The molecule has 3 aromatic carbocycles. The van der Waals surface area contributed by atoms with Gasteiger partial charge in [0.25, 0.3) is 0 Å². The molecule has 1 fully saturated rings. The first-order valence-corrected chi connectivity index (χ1v) is 10.4. The van der Waals surface area contributed by atoms with Gasteiger partial charge in [-0.2, -0.15) is 0 Å². The lowest BCUT2D eigenvalue weighted by Crippen LogP contribution is -2.50. The van der Waals surface area contributed by atoms with Crippen LogP contribution in [0, 0.1) is 0 Å². The highest BCUT2D eigenvalue weighted by Gasteiger charge is 2.38. The van der Waals surface area contributed by atoms with Crippen LogP contribution < -0.4 is 4.74 Å². The maximum absolute atomic E-state index is 9.13. The number of nitrogens with zero attached hydrogens (tertiary/aromatic N) is 1. The molecule has 1 N–H and O–H groups in total. The number of hydrogen-bond donors (Lipinski definition) is 1. The molecule has 0 aliphatic carbocycles. The molecule has 5 heteroatoms. The Morgan fingerprint density at radius 1 is 1.00 bits per heavy atom. The van der Waals surface area contributed by atoms with Crippen molar-refractivity contribution in [2.45, 2.75) is 12.2 Å². The quantitative estimate of drug-likeness (QED) is 0.600. The van der Waals surface area contributed by atoms with Crippen LogP contribution >= 0.6 is 0 Å². The van der Waals surface area contributed by atoms with Crippen molar-refractivity contribution in [3.63, 3.8) is 0 Å². The lowest BCUT2D eigenvalue weighted by Gasteiger charge is -2.41. The van der Waals surface area contributed by atoms with E-state index in [1.54, 1.807) is 7.11 Å². The third-order valence-electron chi connectivity index (χ3n) is 5.63. The minimum Gasteiger partial charge on any atom is -0.497 e. The maximum Gasteiger partial charge on any atom is 0.208 e. The molecule has 1 aliphatic rings. The number of fused-ring (bicyclic) bond motifs is 1. The minimum absolute atomic E-state index is 0.110. The molecule has 0 amide bonds. The van der Waals surface area contributed by atoms with Crippen molar-refractivity contribution in [2.24, 2.45) is 0 Å². The van der Waals surface area contributed by atoms with Crippen LogP contribution in [0.25, 0.3) is 21.9 Å². The Balaban J connectivity index is 1.61. The van der Waals surface area contributed by atoms with Crippen molar-refractivity contribution in [1.82, 2.24) is 4.90 Å². The van der Waals surface area contributed by atoms with Gasteiger partial charge >= 0.3 is 0 Å². The molecule has 1 heterocycles. The van der Waals surface area contributed by atoms with Gasteiger partial charge in [-0.25, -0.2) is 0 Å². The summed E-state index contributed by atoms with van der Waals surface area (Å²) in [5.74, 6) is 0.0734. The molecule has 30 heavy (non-hydrogen) atoms. The Bertz CT molecular complexity index is 988. The van der Waals surface area contributed by atoms with Gasteiger partial charge < -0.3 is 19.3 Å². The highest BCUT2D eigenvalue weighted by atomic mass is 16.7. The molecule has 0 aromatic heterocycles. The number of likely N-dealkylation sites (N-methyl/N-ethyl adjacent to an activating group) is 1. The van der Waals surface area contributed by atoms with Crippen molar-refractivity contribution >= 4 is 10.8 Å². The van der Waals surface area contributed by atoms with E-state index in [0.29, 0.717) is 26.2 Å². The van der Waals surface area contributed by atoms with Crippen LogP contribution in [0.3, 0.4) is 0 Å². The SMILES string of the molecule is COc1ccc2cc(-c3ccc(C4(OCCCO)CN(C)CCO4)cc3)ccc2c1. The van der Waals surface area contributed by atoms with Crippen molar-refractivity contribution in [3.8, 4) is 16.9 Å². The number of methoxy groups -OCH3 is 1. The summed E-state index contributed by atoms with van der Waals surface area (Å²) in [7, 11) is 3.76. The van der Waals surface area contributed by atoms with E-state index < -0.39 is 5.79 Å². The zero-order valence-corrected chi connectivity index (χ0v) is 17.6. The molecule has 1 atom stereocenters. The maximum atomic E-state index is 9.13. The first-order chi connectivity index (χ1) is 14.6. The molecule has 0 saturated carbocycles. The van der Waals surface area contributed by atoms with E-state index in [2.05, 4.69) is 60.5 Å². The lowest BCUT2D eigenvalue weighted by atomic mass is 9.97. The summed E-state index contributed by atoms with van der Waals surface area (Å²) in [5, 5.41) is 11.5.